The Labute approximate surface area is 158 Å². The number of ether oxygens (including phenoxy) is 1. The van der Waals surface area contributed by atoms with Crippen LogP contribution in [0.2, 0.25) is 0 Å². The van der Waals surface area contributed by atoms with Crippen LogP contribution in [-0.2, 0) is 27.4 Å². The average molecular weight is 450 g/mol. The van der Waals surface area contributed by atoms with Crippen molar-refractivity contribution in [2.75, 3.05) is 18.8 Å². The monoisotopic (exact) mass is 449 g/mol. The molecule has 0 radical (unpaired) electrons. The number of hydrogen-bond acceptors (Lipinski definition) is 8. The topological polar surface area (TPSA) is 115 Å². The van der Waals surface area contributed by atoms with Crippen LogP contribution in [0.15, 0.2) is 32.5 Å². The molecule has 0 atom stereocenters. The molecule has 0 saturated heterocycles. The number of nitrogens with zero attached hydrogens (tertiary/aromatic N) is 3. The van der Waals surface area contributed by atoms with Crippen molar-refractivity contribution in [3.05, 3.63) is 45.4 Å². The Bertz CT molecular complexity index is 885. The molecule has 0 aliphatic carbocycles. The van der Waals surface area contributed by atoms with Crippen molar-refractivity contribution < 1.29 is 27.4 Å². The lowest BCUT2D eigenvalue weighted by Gasteiger charge is -2.05. The number of aromatic nitrogens is 2. The van der Waals surface area contributed by atoms with Gasteiger partial charge in [0.05, 0.1) is 10.2 Å². The molecule has 0 bridgehead atoms. The minimum Gasteiger partial charge on any atom is -0.411 e. The SMILES string of the molecule is COCS(=O)(=O)CCCc1nonc1/C(Cc1ccc(F)c(Br)c1)=N/O. The number of rotatable bonds is 9. The van der Waals surface area contributed by atoms with E-state index in [1.54, 1.807) is 12.1 Å². The fourth-order valence-corrected chi connectivity index (χ4v) is 3.78. The van der Waals surface area contributed by atoms with Crippen LogP contribution in [0.4, 0.5) is 4.39 Å². The van der Waals surface area contributed by atoms with Gasteiger partial charge in [0.15, 0.2) is 15.5 Å². The molecule has 1 N–H and O–H groups in total. The molecule has 142 valence electrons. The lowest BCUT2D eigenvalue weighted by atomic mass is 10.0. The summed E-state index contributed by atoms with van der Waals surface area (Å²) in [4.78, 5) is 0. The maximum Gasteiger partial charge on any atom is 0.174 e. The number of benzene rings is 1. The molecule has 0 unspecified atom stereocenters. The van der Waals surface area contributed by atoms with E-state index in [0.29, 0.717) is 11.3 Å². The van der Waals surface area contributed by atoms with Gasteiger partial charge < -0.3 is 9.94 Å². The van der Waals surface area contributed by atoms with E-state index >= 15 is 0 Å². The zero-order valence-electron chi connectivity index (χ0n) is 13.9. The first-order valence-corrected chi connectivity index (χ1v) is 10.1. The van der Waals surface area contributed by atoms with Crippen LogP contribution in [0.25, 0.3) is 0 Å². The molecule has 0 amide bonds. The molecular weight excluding hydrogens is 433 g/mol. The summed E-state index contributed by atoms with van der Waals surface area (Å²) in [6.07, 6.45) is 0.722. The average Bonchev–Trinajstić information content (AvgIpc) is 3.04. The van der Waals surface area contributed by atoms with Gasteiger partial charge in [0.1, 0.15) is 23.2 Å². The highest BCUT2D eigenvalue weighted by Gasteiger charge is 2.19. The Hall–Kier alpha value is -1.85. The second-order valence-corrected chi connectivity index (χ2v) is 8.47. The van der Waals surface area contributed by atoms with E-state index in [0.717, 1.165) is 0 Å². The first kappa shape index (κ1) is 20.5. The third-order valence-electron chi connectivity index (χ3n) is 3.47. The summed E-state index contributed by atoms with van der Waals surface area (Å²) in [6.45, 7) is 0. The molecule has 0 aliphatic heterocycles. The first-order chi connectivity index (χ1) is 12.4. The van der Waals surface area contributed by atoms with E-state index in [4.69, 9.17) is 4.63 Å². The van der Waals surface area contributed by atoms with Crippen LogP contribution in [-0.4, -0.2) is 48.5 Å². The smallest absolute Gasteiger partial charge is 0.174 e. The zero-order valence-corrected chi connectivity index (χ0v) is 16.3. The lowest BCUT2D eigenvalue weighted by molar-refractivity contribution is 0.249. The third kappa shape index (κ3) is 5.58. The maximum absolute atomic E-state index is 13.3. The first-order valence-electron chi connectivity index (χ1n) is 7.52. The van der Waals surface area contributed by atoms with Crippen LogP contribution in [0, 0.1) is 5.82 Å². The van der Waals surface area contributed by atoms with Crippen molar-refractivity contribution in [3.8, 4) is 0 Å². The van der Waals surface area contributed by atoms with Crippen molar-refractivity contribution >= 4 is 31.5 Å². The summed E-state index contributed by atoms with van der Waals surface area (Å²) in [5.41, 5.74) is 1.48. The van der Waals surface area contributed by atoms with E-state index in [-0.39, 0.29) is 46.8 Å². The summed E-state index contributed by atoms with van der Waals surface area (Å²) < 4.78 is 46.3. The molecule has 1 aromatic heterocycles. The lowest BCUT2D eigenvalue weighted by Crippen LogP contribution is -2.14. The predicted octanol–water partition coefficient (Wildman–Crippen LogP) is 2.34. The van der Waals surface area contributed by atoms with Gasteiger partial charge in [0, 0.05) is 13.5 Å². The number of oxime groups is 1. The highest BCUT2D eigenvalue weighted by molar-refractivity contribution is 9.10. The molecular formula is C15H17BrFN3O5S. The van der Waals surface area contributed by atoms with E-state index in [2.05, 4.69) is 36.1 Å². The van der Waals surface area contributed by atoms with Crippen LogP contribution in [0.5, 0.6) is 0 Å². The van der Waals surface area contributed by atoms with Crippen molar-refractivity contribution in [1.29, 1.82) is 0 Å². The normalized spacial score (nSPS) is 12.5. The summed E-state index contributed by atoms with van der Waals surface area (Å²) in [6, 6.07) is 4.40. The molecule has 26 heavy (non-hydrogen) atoms. The van der Waals surface area contributed by atoms with Gasteiger partial charge in [-0.3, -0.25) is 0 Å². The Morgan fingerprint density at radius 3 is 2.85 bits per heavy atom. The van der Waals surface area contributed by atoms with Crippen molar-refractivity contribution in [1.82, 2.24) is 10.3 Å². The Morgan fingerprint density at radius 2 is 2.19 bits per heavy atom. The highest BCUT2D eigenvalue weighted by atomic mass is 79.9. The molecule has 0 spiro atoms. The van der Waals surface area contributed by atoms with Gasteiger partial charge in [-0.15, -0.1) is 0 Å². The fourth-order valence-electron chi connectivity index (χ4n) is 2.30. The quantitative estimate of drug-likeness (QED) is 0.354. The van der Waals surface area contributed by atoms with Gasteiger partial charge in [-0.2, -0.15) is 0 Å². The van der Waals surface area contributed by atoms with Gasteiger partial charge in [-0.05, 0) is 51.6 Å². The van der Waals surface area contributed by atoms with Crippen LogP contribution >= 0.6 is 15.9 Å². The zero-order chi connectivity index (χ0) is 19.2. The molecule has 1 aromatic carbocycles. The van der Waals surface area contributed by atoms with Crippen molar-refractivity contribution in [2.45, 2.75) is 19.3 Å². The van der Waals surface area contributed by atoms with Crippen molar-refractivity contribution in [2.24, 2.45) is 5.16 Å². The Kier molecular flexibility index (Phi) is 7.23. The third-order valence-corrected chi connectivity index (χ3v) is 5.59. The number of methoxy groups -OCH3 is 1. The van der Waals surface area contributed by atoms with Gasteiger partial charge in [0.25, 0.3) is 0 Å². The maximum atomic E-state index is 13.3. The number of halogens is 2. The van der Waals surface area contributed by atoms with Crippen molar-refractivity contribution in [3.63, 3.8) is 0 Å². The van der Waals surface area contributed by atoms with Gasteiger partial charge in [0.2, 0.25) is 0 Å². The Morgan fingerprint density at radius 1 is 1.42 bits per heavy atom. The van der Waals surface area contributed by atoms with E-state index in [9.17, 15) is 18.0 Å². The van der Waals surface area contributed by atoms with Crippen LogP contribution in [0.3, 0.4) is 0 Å². The van der Waals surface area contributed by atoms with Gasteiger partial charge >= 0.3 is 0 Å². The summed E-state index contributed by atoms with van der Waals surface area (Å²) >= 11 is 3.10. The van der Waals surface area contributed by atoms with Crippen LogP contribution < -0.4 is 0 Å². The van der Waals surface area contributed by atoms with Gasteiger partial charge in [-0.25, -0.2) is 17.4 Å². The molecule has 1 heterocycles. The molecule has 0 fully saturated rings. The number of sulfone groups is 1. The number of hydrogen-bond donors (Lipinski definition) is 1. The molecule has 0 saturated carbocycles. The molecule has 8 nitrogen and oxygen atoms in total. The minimum absolute atomic E-state index is 0.0797. The fraction of sp³-hybridized carbons (Fsp3) is 0.400. The number of aryl methyl sites for hydroxylation is 1. The minimum atomic E-state index is -3.30. The summed E-state index contributed by atoms with van der Waals surface area (Å²) in [7, 11) is -1.99. The van der Waals surface area contributed by atoms with E-state index in [1.165, 1.54) is 13.2 Å². The summed E-state index contributed by atoms with van der Waals surface area (Å²) in [5.74, 6) is -0.832. The van der Waals surface area contributed by atoms with E-state index < -0.39 is 15.7 Å². The standard InChI is InChI=1S/C15H17BrFN3O5S/c1-24-9-26(22,23)6-2-3-13-15(20-25-19-13)14(18-21)8-10-4-5-12(17)11(16)7-10/h4-5,7,21H,2-3,6,8-9H2,1H3/b18-14+. The molecule has 2 aromatic rings. The summed E-state index contributed by atoms with van der Waals surface area (Å²) in [5, 5.41) is 20.0. The van der Waals surface area contributed by atoms with Crippen LogP contribution in [0.1, 0.15) is 23.4 Å². The second kappa shape index (κ2) is 9.19. The Balaban J connectivity index is 2.08. The highest BCUT2D eigenvalue weighted by Crippen LogP contribution is 2.19. The largest absolute Gasteiger partial charge is 0.411 e. The molecule has 0 aliphatic rings. The van der Waals surface area contributed by atoms with E-state index in [1.807, 2.05) is 0 Å². The molecule has 2 rings (SSSR count). The second-order valence-electron chi connectivity index (χ2n) is 5.49. The predicted molar refractivity (Wildman–Crippen MR) is 94.4 cm³/mol. The molecule has 11 heteroatoms. The van der Waals surface area contributed by atoms with Gasteiger partial charge in [-0.1, -0.05) is 16.4 Å².